The maximum Gasteiger partial charge on any atom is 0.325 e. The minimum atomic E-state index is -0.856. The van der Waals surface area contributed by atoms with Gasteiger partial charge in [-0.05, 0) is 30.5 Å². The molecule has 1 saturated carbocycles. The highest BCUT2D eigenvalue weighted by Gasteiger charge is 2.51. The van der Waals surface area contributed by atoms with Crippen LogP contribution >= 0.6 is 0 Å². The zero-order valence-electron chi connectivity index (χ0n) is 16.3. The van der Waals surface area contributed by atoms with Crippen molar-refractivity contribution in [1.29, 1.82) is 0 Å². The van der Waals surface area contributed by atoms with Gasteiger partial charge in [0.25, 0.3) is 5.91 Å². The third-order valence-corrected chi connectivity index (χ3v) is 5.56. The number of hydrogen-bond acceptors (Lipinski definition) is 4. The first-order valence-corrected chi connectivity index (χ1v) is 9.57. The topological polar surface area (TPSA) is 79.0 Å². The second-order valence-electron chi connectivity index (χ2n) is 7.54. The van der Waals surface area contributed by atoms with Gasteiger partial charge in [-0.15, -0.1) is 0 Å². The van der Waals surface area contributed by atoms with Crippen molar-refractivity contribution in [3.05, 3.63) is 29.6 Å². The van der Waals surface area contributed by atoms with Gasteiger partial charge in [0.15, 0.2) is 11.6 Å². The molecule has 2 fully saturated rings. The average molecular weight is 391 g/mol. The van der Waals surface area contributed by atoms with E-state index in [0.29, 0.717) is 18.4 Å². The summed E-state index contributed by atoms with van der Waals surface area (Å²) in [5.74, 6) is -1.07. The van der Waals surface area contributed by atoms with Gasteiger partial charge in [-0.1, -0.05) is 31.7 Å². The lowest BCUT2D eigenvalue weighted by Gasteiger charge is -2.25. The molecular weight excluding hydrogens is 365 g/mol. The third-order valence-electron chi connectivity index (χ3n) is 5.56. The largest absolute Gasteiger partial charge is 0.494 e. The fourth-order valence-corrected chi connectivity index (χ4v) is 3.92. The van der Waals surface area contributed by atoms with Gasteiger partial charge in [0.2, 0.25) is 5.91 Å². The molecule has 1 saturated heterocycles. The molecule has 28 heavy (non-hydrogen) atoms. The Morgan fingerprint density at radius 1 is 1.25 bits per heavy atom. The zero-order valence-corrected chi connectivity index (χ0v) is 16.3. The van der Waals surface area contributed by atoms with Crippen LogP contribution < -0.4 is 10.1 Å². The Morgan fingerprint density at radius 3 is 2.54 bits per heavy atom. The number of imide groups is 1. The molecule has 152 valence electrons. The SMILES string of the molecule is COc1ccc(CN(C)C(=O)CN2C(=O)NC3(CCCCCC3)C2=O)cc1F. The minimum Gasteiger partial charge on any atom is -0.494 e. The number of nitrogens with zero attached hydrogens (tertiary/aromatic N) is 2. The summed E-state index contributed by atoms with van der Waals surface area (Å²) in [6, 6.07) is 3.96. The highest BCUT2D eigenvalue weighted by Crippen LogP contribution is 2.32. The maximum absolute atomic E-state index is 13.8. The van der Waals surface area contributed by atoms with E-state index in [-0.39, 0.29) is 30.7 Å². The van der Waals surface area contributed by atoms with E-state index in [0.717, 1.165) is 30.6 Å². The van der Waals surface area contributed by atoms with Gasteiger partial charge in [-0.3, -0.25) is 14.5 Å². The lowest BCUT2D eigenvalue weighted by molar-refractivity contribution is -0.138. The predicted octanol–water partition coefficient (Wildman–Crippen LogP) is 2.44. The molecule has 3 rings (SSSR count). The van der Waals surface area contributed by atoms with Crippen LogP contribution in [0.5, 0.6) is 5.75 Å². The van der Waals surface area contributed by atoms with Gasteiger partial charge in [0.05, 0.1) is 7.11 Å². The molecule has 1 aliphatic carbocycles. The lowest BCUT2D eigenvalue weighted by Crippen LogP contribution is -2.47. The first-order valence-electron chi connectivity index (χ1n) is 9.57. The van der Waals surface area contributed by atoms with E-state index in [1.807, 2.05) is 0 Å². The van der Waals surface area contributed by atoms with Crippen molar-refractivity contribution >= 4 is 17.8 Å². The van der Waals surface area contributed by atoms with Crippen molar-refractivity contribution in [2.75, 3.05) is 20.7 Å². The number of methoxy groups -OCH3 is 1. The molecule has 1 aliphatic heterocycles. The highest BCUT2D eigenvalue weighted by molar-refractivity contribution is 6.09. The number of benzene rings is 1. The van der Waals surface area contributed by atoms with Crippen LogP contribution in [-0.4, -0.2) is 53.9 Å². The predicted molar refractivity (Wildman–Crippen MR) is 100 cm³/mol. The first-order chi connectivity index (χ1) is 13.4. The molecule has 1 aromatic rings. The van der Waals surface area contributed by atoms with Crippen LogP contribution in [0.4, 0.5) is 9.18 Å². The fourth-order valence-electron chi connectivity index (χ4n) is 3.92. The van der Waals surface area contributed by atoms with Crippen LogP contribution in [0.25, 0.3) is 0 Å². The number of hydrogen-bond donors (Lipinski definition) is 1. The third kappa shape index (κ3) is 3.95. The maximum atomic E-state index is 13.8. The minimum absolute atomic E-state index is 0.130. The number of halogens is 1. The van der Waals surface area contributed by atoms with Gasteiger partial charge in [-0.25, -0.2) is 9.18 Å². The van der Waals surface area contributed by atoms with E-state index in [1.165, 1.54) is 24.1 Å². The molecule has 7 nitrogen and oxygen atoms in total. The van der Waals surface area contributed by atoms with E-state index < -0.39 is 17.4 Å². The molecule has 8 heteroatoms. The van der Waals surface area contributed by atoms with Gasteiger partial charge < -0.3 is 15.0 Å². The summed E-state index contributed by atoms with van der Waals surface area (Å²) in [4.78, 5) is 40.2. The number of nitrogens with one attached hydrogen (secondary N) is 1. The molecule has 4 amide bonds. The molecule has 0 aromatic heterocycles. The van der Waals surface area contributed by atoms with Crippen molar-refractivity contribution < 1.29 is 23.5 Å². The first kappa shape index (κ1) is 20.1. The smallest absolute Gasteiger partial charge is 0.325 e. The number of amides is 4. The molecule has 1 spiro atoms. The summed E-state index contributed by atoms with van der Waals surface area (Å²) in [5, 5.41) is 2.83. The molecule has 0 bridgehead atoms. The lowest BCUT2D eigenvalue weighted by atomic mass is 9.90. The van der Waals surface area contributed by atoms with Gasteiger partial charge in [0.1, 0.15) is 12.1 Å². The summed E-state index contributed by atoms with van der Waals surface area (Å²) in [6.45, 7) is -0.157. The van der Waals surface area contributed by atoms with Crippen LogP contribution in [0.2, 0.25) is 0 Å². The van der Waals surface area contributed by atoms with Crippen molar-refractivity contribution in [3.8, 4) is 5.75 Å². The number of ether oxygens (including phenoxy) is 1. The number of carbonyl (C=O) groups is 3. The molecule has 0 unspecified atom stereocenters. The van der Waals surface area contributed by atoms with Crippen LogP contribution in [0.1, 0.15) is 44.1 Å². The Labute approximate surface area is 163 Å². The Balaban J connectivity index is 1.64. The normalized spacial score (nSPS) is 18.8. The van der Waals surface area contributed by atoms with Crippen molar-refractivity contribution in [1.82, 2.24) is 15.1 Å². The second kappa shape index (κ2) is 8.16. The molecule has 1 heterocycles. The Morgan fingerprint density at radius 2 is 1.93 bits per heavy atom. The summed E-state index contributed by atoms with van der Waals surface area (Å²) < 4.78 is 18.7. The van der Waals surface area contributed by atoms with Crippen LogP contribution in [0.15, 0.2) is 18.2 Å². The summed E-state index contributed by atoms with van der Waals surface area (Å²) in [7, 11) is 2.94. The Bertz CT molecular complexity index is 775. The van der Waals surface area contributed by atoms with Crippen LogP contribution in [-0.2, 0) is 16.1 Å². The Kier molecular flexibility index (Phi) is 5.86. The van der Waals surface area contributed by atoms with Crippen LogP contribution in [0, 0.1) is 5.82 Å². The van der Waals surface area contributed by atoms with Gasteiger partial charge in [-0.2, -0.15) is 0 Å². The van der Waals surface area contributed by atoms with Crippen molar-refractivity contribution in [2.45, 2.75) is 50.6 Å². The summed E-state index contributed by atoms with van der Waals surface area (Å²) in [6.07, 6.45) is 5.09. The number of urea groups is 1. The van der Waals surface area contributed by atoms with E-state index in [2.05, 4.69) is 5.32 Å². The Hall–Kier alpha value is -2.64. The van der Waals surface area contributed by atoms with E-state index in [9.17, 15) is 18.8 Å². The highest BCUT2D eigenvalue weighted by atomic mass is 19.1. The quantitative estimate of drug-likeness (QED) is 0.782. The fraction of sp³-hybridized carbons (Fsp3) is 0.550. The van der Waals surface area contributed by atoms with Gasteiger partial charge >= 0.3 is 6.03 Å². The van der Waals surface area contributed by atoms with Crippen molar-refractivity contribution in [2.24, 2.45) is 0 Å². The number of likely N-dealkylation sites (N-methyl/N-ethyl adjacent to an activating group) is 1. The van der Waals surface area contributed by atoms with Gasteiger partial charge in [0, 0.05) is 13.6 Å². The van der Waals surface area contributed by atoms with Crippen molar-refractivity contribution in [3.63, 3.8) is 0 Å². The molecule has 2 aliphatic rings. The zero-order chi connectivity index (χ0) is 20.3. The van der Waals surface area contributed by atoms with E-state index in [4.69, 9.17) is 4.74 Å². The standard InChI is InChI=1S/C20H26FN3O4/c1-23(12-14-7-8-16(28-2)15(21)11-14)17(25)13-24-18(26)20(22-19(24)27)9-5-3-4-6-10-20/h7-8,11H,3-6,9-10,12-13H2,1-2H3,(H,22,27). The molecular formula is C20H26FN3O4. The molecule has 1 N–H and O–H groups in total. The summed E-state index contributed by atoms with van der Waals surface area (Å²) >= 11 is 0. The van der Waals surface area contributed by atoms with E-state index in [1.54, 1.807) is 13.1 Å². The second-order valence-corrected chi connectivity index (χ2v) is 7.54. The van der Waals surface area contributed by atoms with E-state index >= 15 is 0 Å². The monoisotopic (exact) mass is 391 g/mol. The average Bonchev–Trinajstić information content (AvgIpc) is 2.83. The molecule has 0 atom stereocenters. The number of rotatable bonds is 5. The van der Waals surface area contributed by atoms with Crippen LogP contribution in [0.3, 0.4) is 0 Å². The molecule has 0 radical (unpaired) electrons. The number of carbonyl (C=O) groups excluding carboxylic acids is 3. The summed E-state index contributed by atoms with van der Waals surface area (Å²) in [5.41, 5.74) is -0.266. The molecule has 1 aromatic carbocycles.